The smallest absolute Gasteiger partial charge is 0.144 e. The van der Waals surface area contributed by atoms with Gasteiger partial charge in [-0.2, -0.15) is 5.26 Å². The molecule has 1 heterocycles. The molecule has 0 fully saturated rings. The predicted octanol–water partition coefficient (Wildman–Crippen LogP) is 4.55. The van der Waals surface area contributed by atoms with Crippen molar-refractivity contribution in [1.29, 1.82) is 5.26 Å². The first-order valence-corrected chi connectivity index (χ1v) is 6.86. The number of pyridine rings is 1. The first kappa shape index (κ1) is 13.2. The Balaban J connectivity index is 2.12. The van der Waals surface area contributed by atoms with E-state index in [1.807, 2.05) is 24.3 Å². The van der Waals surface area contributed by atoms with Crippen LogP contribution in [0.2, 0.25) is 10.0 Å². The zero-order valence-corrected chi connectivity index (χ0v) is 11.6. The second-order valence-corrected chi connectivity index (χ2v) is 5.35. The van der Waals surface area contributed by atoms with Crippen LogP contribution in [0.3, 0.4) is 0 Å². The van der Waals surface area contributed by atoms with E-state index in [1.165, 1.54) is 0 Å². The van der Waals surface area contributed by atoms with Crippen LogP contribution < -0.4 is 0 Å². The van der Waals surface area contributed by atoms with Crippen LogP contribution in [0.5, 0.6) is 0 Å². The third-order valence-corrected chi connectivity index (χ3v) is 4.06. The molecule has 1 aromatic heterocycles. The van der Waals surface area contributed by atoms with Crippen molar-refractivity contribution in [2.24, 2.45) is 0 Å². The lowest BCUT2D eigenvalue weighted by molar-refractivity contribution is 1.19. The maximum absolute atomic E-state index is 8.94. The minimum atomic E-state index is 0.463. The largest absolute Gasteiger partial charge is 0.245 e. The van der Waals surface area contributed by atoms with E-state index in [4.69, 9.17) is 28.5 Å². The monoisotopic (exact) mass is 294 g/mol. The normalized spacial score (nSPS) is 10.1. The van der Waals surface area contributed by atoms with Gasteiger partial charge < -0.3 is 0 Å². The number of nitrogens with zero attached hydrogens (tertiary/aromatic N) is 2. The molecule has 0 radical (unpaired) electrons. The van der Waals surface area contributed by atoms with E-state index in [0.717, 1.165) is 10.5 Å². The van der Waals surface area contributed by atoms with E-state index in [0.29, 0.717) is 21.5 Å². The molecule has 1 aromatic carbocycles. The van der Waals surface area contributed by atoms with Crippen LogP contribution in [0.15, 0.2) is 41.4 Å². The minimum Gasteiger partial charge on any atom is -0.245 e. The molecule has 0 N–H and O–H groups in total. The van der Waals surface area contributed by atoms with Crippen molar-refractivity contribution in [1.82, 2.24) is 4.98 Å². The van der Waals surface area contributed by atoms with E-state index in [1.54, 1.807) is 24.0 Å². The number of thioether (sulfide) groups is 1. The van der Waals surface area contributed by atoms with Crippen molar-refractivity contribution in [2.45, 2.75) is 10.6 Å². The van der Waals surface area contributed by atoms with Gasteiger partial charge in [0.2, 0.25) is 0 Å². The van der Waals surface area contributed by atoms with E-state index in [-0.39, 0.29) is 0 Å². The van der Waals surface area contributed by atoms with Gasteiger partial charge in [0.1, 0.15) is 11.8 Å². The summed E-state index contributed by atoms with van der Waals surface area (Å²) < 4.78 is 0. The molecule has 0 aliphatic rings. The Kier molecular flexibility index (Phi) is 4.48. The molecule has 0 unspecified atom stereocenters. The maximum Gasteiger partial charge on any atom is 0.144 e. The van der Waals surface area contributed by atoms with Crippen molar-refractivity contribution in [2.75, 3.05) is 0 Å². The van der Waals surface area contributed by atoms with Crippen LogP contribution in [0.25, 0.3) is 0 Å². The molecule has 0 aliphatic heterocycles. The second-order valence-electron chi connectivity index (χ2n) is 3.49. The Morgan fingerprint density at radius 2 is 2.06 bits per heavy atom. The summed E-state index contributed by atoms with van der Waals surface area (Å²) in [6.45, 7) is 0. The van der Waals surface area contributed by atoms with Gasteiger partial charge in [-0.3, -0.25) is 0 Å². The molecule has 0 aliphatic carbocycles. The standard InChI is InChI=1S/C13H8Cl2N2S/c14-11-4-3-10(6-12(11)15)18-8-9-2-1-5-17-13(9)7-16/h1-6H,8H2. The quantitative estimate of drug-likeness (QED) is 0.779. The van der Waals surface area contributed by atoms with Crippen molar-refractivity contribution in [3.8, 4) is 6.07 Å². The average molecular weight is 295 g/mol. The third-order valence-electron chi connectivity index (χ3n) is 2.28. The maximum atomic E-state index is 8.94. The number of nitriles is 1. The van der Waals surface area contributed by atoms with Crippen LogP contribution in [0, 0.1) is 11.3 Å². The summed E-state index contributed by atoms with van der Waals surface area (Å²) in [6.07, 6.45) is 1.62. The fourth-order valence-electron chi connectivity index (χ4n) is 1.38. The Labute approximate surface area is 120 Å². The molecule has 18 heavy (non-hydrogen) atoms. The zero-order valence-electron chi connectivity index (χ0n) is 9.23. The van der Waals surface area contributed by atoms with Crippen molar-refractivity contribution >= 4 is 35.0 Å². The van der Waals surface area contributed by atoms with E-state index in [9.17, 15) is 0 Å². The number of hydrogen-bond acceptors (Lipinski definition) is 3. The fraction of sp³-hybridized carbons (Fsp3) is 0.0769. The van der Waals surface area contributed by atoms with Gasteiger partial charge in [-0.05, 0) is 29.8 Å². The first-order valence-electron chi connectivity index (χ1n) is 5.12. The molecule has 2 aromatic rings. The highest BCUT2D eigenvalue weighted by Gasteiger charge is 2.04. The molecular formula is C13H8Cl2N2S. The number of rotatable bonds is 3. The fourth-order valence-corrected chi connectivity index (χ4v) is 2.67. The van der Waals surface area contributed by atoms with Crippen LogP contribution in [-0.4, -0.2) is 4.98 Å². The molecule has 0 bridgehead atoms. The highest BCUT2D eigenvalue weighted by atomic mass is 35.5. The van der Waals surface area contributed by atoms with Crippen molar-refractivity contribution in [3.05, 3.63) is 57.8 Å². The van der Waals surface area contributed by atoms with E-state index in [2.05, 4.69) is 11.1 Å². The number of benzene rings is 1. The number of halogens is 2. The third kappa shape index (κ3) is 3.17. The van der Waals surface area contributed by atoms with E-state index >= 15 is 0 Å². The van der Waals surface area contributed by atoms with Gasteiger partial charge in [-0.25, -0.2) is 4.98 Å². The van der Waals surface area contributed by atoms with Crippen molar-refractivity contribution < 1.29 is 0 Å². The Bertz CT molecular complexity index is 608. The summed E-state index contributed by atoms with van der Waals surface area (Å²) in [6, 6.07) is 11.3. The minimum absolute atomic E-state index is 0.463. The second kappa shape index (κ2) is 6.10. The molecule has 2 nitrogen and oxygen atoms in total. The summed E-state index contributed by atoms with van der Waals surface area (Å²) in [5.41, 5.74) is 1.38. The van der Waals surface area contributed by atoms with Gasteiger partial charge in [-0.15, -0.1) is 11.8 Å². The molecule has 2 rings (SSSR count). The van der Waals surface area contributed by atoms with Crippen LogP contribution >= 0.6 is 35.0 Å². The highest BCUT2D eigenvalue weighted by Crippen LogP contribution is 2.30. The van der Waals surface area contributed by atoms with Crippen LogP contribution in [-0.2, 0) is 5.75 Å². The van der Waals surface area contributed by atoms with Gasteiger partial charge in [0.25, 0.3) is 0 Å². The SMILES string of the molecule is N#Cc1ncccc1CSc1ccc(Cl)c(Cl)c1. The van der Waals surface area contributed by atoms with Crippen molar-refractivity contribution in [3.63, 3.8) is 0 Å². The molecule has 5 heteroatoms. The van der Waals surface area contributed by atoms with Crippen LogP contribution in [0.4, 0.5) is 0 Å². The molecular weight excluding hydrogens is 287 g/mol. The Morgan fingerprint density at radius 1 is 1.22 bits per heavy atom. The van der Waals surface area contributed by atoms with Crippen LogP contribution in [0.1, 0.15) is 11.3 Å². The summed E-state index contributed by atoms with van der Waals surface area (Å²) >= 11 is 13.4. The van der Waals surface area contributed by atoms with Gasteiger partial charge >= 0.3 is 0 Å². The average Bonchev–Trinajstić information content (AvgIpc) is 2.40. The summed E-state index contributed by atoms with van der Waals surface area (Å²) in [5, 5.41) is 10.0. The van der Waals surface area contributed by atoms with Gasteiger partial charge in [0.15, 0.2) is 0 Å². The first-order chi connectivity index (χ1) is 8.70. The Morgan fingerprint density at radius 3 is 2.78 bits per heavy atom. The van der Waals surface area contributed by atoms with Gasteiger partial charge in [0, 0.05) is 16.8 Å². The summed E-state index contributed by atoms with van der Waals surface area (Å²) in [4.78, 5) is 5.03. The molecule has 0 saturated carbocycles. The lowest BCUT2D eigenvalue weighted by atomic mass is 10.2. The predicted molar refractivity (Wildman–Crippen MR) is 75.0 cm³/mol. The summed E-state index contributed by atoms with van der Waals surface area (Å²) in [5.74, 6) is 0.675. The van der Waals surface area contributed by atoms with Gasteiger partial charge in [0.05, 0.1) is 10.0 Å². The molecule has 0 atom stereocenters. The Hall–Kier alpha value is -1.21. The number of hydrogen-bond donors (Lipinski definition) is 0. The molecule has 0 amide bonds. The zero-order chi connectivity index (χ0) is 13.0. The van der Waals surface area contributed by atoms with Gasteiger partial charge in [-0.1, -0.05) is 29.3 Å². The highest BCUT2D eigenvalue weighted by molar-refractivity contribution is 7.98. The molecule has 90 valence electrons. The van der Waals surface area contributed by atoms with E-state index < -0.39 is 0 Å². The lowest BCUT2D eigenvalue weighted by Gasteiger charge is -2.04. The lowest BCUT2D eigenvalue weighted by Crippen LogP contribution is -1.90. The number of aromatic nitrogens is 1. The summed E-state index contributed by atoms with van der Waals surface area (Å²) in [7, 11) is 0. The molecule has 0 spiro atoms. The topological polar surface area (TPSA) is 36.7 Å². The molecule has 0 saturated heterocycles.